The van der Waals surface area contributed by atoms with Crippen molar-refractivity contribution in [2.45, 2.75) is 18.7 Å². The highest BCUT2D eigenvalue weighted by Crippen LogP contribution is 2.25. The number of thiocarbonyl (C=S) groups is 1. The second-order valence-electron chi connectivity index (χ2n) is 3.90. The molecule has 0 saturated heterocycles. The lowest BCUT2D eigenvalue weighted by molar-refractivity contribution is 0.394. The molecule has 0 radical (unpaired) electrons. The van der Waals surface area contributed by atoms with E-state index in [0.717, 1.165) is 34.0 Å². The van der Waals surface area contributed by atoms with Crippen LogP contribution in [0.3, 0.4) is 0 Å². The zero-order chi connectivity index (χ0) is 14.7. The number of aromatic hydroxyl groups is 1. The van der Waals surface area contributed by atoms with Crippen LogP contribution in [0.5, 0.6) is 5.88 Å². The van der Waals surface area contributed by atoms with E-state index in [4.69, 9.17) is 12.2 Å². The van der Waals surface area contributed by atoms with Gasteiger partial charge < -0.3 is 10.0 Å². The summed E-state index contributed by atoms with van der Waals surface area (Å²) in [6.07, 6.45) is 0. The van der Waals surface area contributed by atoms with Gasteiger partial charge in [-0.1, -0.05) is 12.2 Å². The molecule has 1 rings (SSSR count). The van der Waals surface area contributed by atoms with Crippen LogP contribution in [0.4, 0.5) is 0 Å². The number of rotatable bonds is 3. The fourth-order valence-electron chi connectivity index (χ4n) is 1.53. The highest BCUT2D eigenvalue weighted by molar-refractivity contribution is 8.23. The van der Waals surface area contributed by atoms with Crippen LogP contribution in [-0.4, -0.2) is 36.6 Å². The van der Waals surface area contributed by atoms with Crippen LogP contribution < -0.4 is 11.2 Å². The van der Waals surface area contributed by atoms with Crippen molar-refractivity contribution in [3.8, 4) is 5.88 Å². The molecule has 106 valence electrons. The molecule has 19 heavy (non-hydrogen) atoms. The van der Waals surface area contributed by atoms with Crippen molar-refractivity contribution in [1.82, 2.24) is 14.0 Å². The second-order valence-corrected chi connectivity index (χ2v) is 5.54. The Hall–Kier alpha value is -1.28. The largest absolute Gasteiger partial charge is 0.493 e. The minimum absolute atomic E-state index is 0.0708. The third-order valence-electron chi connectivity index (χ3n) is 2.80. The maximum Gasteiger partial charge on any atom is 0.333 e. The van der Waals surface area contributed by atoms with Crippen LogP contribution in [0, 0.1) is 0 Å². The van der Waals surface area contributed by atoms with E-state index in [1.165, 1.54) is 14.1 Å². The lowest BCUT2D eigenvalue weighted by atomic mass is 10.6. The summed E-state index contributed by atoms with van der Waals surface area (Å²) in [5, 5.41) is 9.91. The van der Waals surface area contributed by atoms with E-state index in [1.807, 2.05) is 18.7 Å². The Balaban J connectivity index is 3.27. The van der Waals surface area contributed by atoms with E-state index >= 15 is 0 Å². The van der Waals surface area contributed by atoms with Gasteiger partial charge in [0.1, 0.15) is 9.22 Å². The molecule has 0 aliphatic rings. The maximum atomic E-state index is 12.0. The highest BCUT2D eigenvalue weighted by Gasteiger charge is 2.18. The predicted molar refractivity (Wildman–Crippen MR) is 80.0 cm³/mol. The summed E-state index contributed by atoms with van der Waals surface area (Å²) in [5.41, 5.74) is -1.11. The molecule has 1 N–H and O–H groups in total. The normalized spacial score (nSPS) is 10.5. The summed E-state index contributed by atoms with van der Waals surface area (Å²) in [4.78, 5) is 25.6. The molecule has 6 nitrogen and oxygen atoms in total. The first-order chi connectivity index (χ1) is 8.84. The molecule has 8 heteroatoms. The number of hydrogen-bond donors (Lipinski definition) is 1. The molecule has 0 aliphatic carbocycles. The second kappa shape index (κ2) is 6.25. The number of nitrogens with zero attached hydrogens (tertiary/aromatic N) is 3. The molecule has 0 spiro atoms. The summed E-state index contributed by atoms with van der Waals surface area (Å²) in [6, 6.07) is 0. The van der Waals surface area contributed by atoms with E-state index in [9.17, 15) is 14.7 Å². The third-order valence-corrected chi connectivity index (χ3v) is 4.31. The van der Waals surface area contributed by atoms with Crippen molar-refractivity contribution in [3.05, 3.63) is 20.8 Å². The summed E-state index contributed by atoms with van der Waals surface area (Å²) in [5.74, 6) is -0.354. The first-order valence-corrected chi connectivity index (χ1v) is 7.03. The van der Waals surface area contributed by atoms with Crippen molar-refractivity contribution in [2.75, 3.05) is 13.1 Å². The Morgan fingerprint density at radius 3 is 2.26 bits per heavy atom. The van der Waals surface area contributed by atoms with Crippen molar-refractivity contribution in [2.24, 2.45) is 14.1 Å². The van der Waals surface area contributed by atoms with Crippen LogP contribution in [0.25, 0.3) is 0 Å². The minimum atomic E-state index is -0.569. The van der Waals surface area contributed by atoms with Gasteiger partial charge in [0, 0.05) is 27.2 Å². The molecule has 0 atom stereocenters. The average Bonchev–Trinajstić information content (AvgIpc) is 2.40. The van der Waals surface area contributed by atoms with Gasteiger partial charge in [-0.05, 0) is 25.6 Å². The van der Waals surface area contributed by atoms with Crippen LogP contribution >= 0.6 is 24.0 Å². The van der Waals surface area contributed by atoms with E-state index in [1.54, 1.807) is 0 Å². The van der Waals surface area contributed by atoms with E-state index in [2.05, 4.69) is 0 Å². The first-order valence-electron chi connectivity index (χ1n) is 5.80. The molecule has 1 aromatic heterocycles. The summed E-state index contributed by atoms with van der Waals surface area (Å²) >= 11 is 6.24. The SMILES string of the molecule is CCN(CC)C(=S)Sc1c(O)n(C)c(=O)n(C)c1=O. The maximum absolute atomic E-state index is 12.0. The molecular weight excluding hydrogens is 286 g/mol. The molecule has 0 aliphatic heterocycles. The van der Waals surface area contributed by atoms with Gasteiger partial charge in [0.2, 0.25) is 5.88 Å². The van der Waals surface area contributed by atoms with Crippen molar-refractivity contribution in [1.29, 1.82) is 0 Å². The monoisotopic (exact) mass is 303 g/mol. The Morgan fingerprint density at radius 1 is 1.26 bits per heavy atom. The molecule has 0 fully saturated rings. The summed E-state index contributed by atoms with van der Waals surface area (Å²) < 4.78 is 2.47. The Kier molecular flexibility index (Phi) is 5.19. The van der Waals surface area contributed by atoms with E-state index in [0.29, 0.717) is 4.32 Å². The summed E-state index contributed by atoms with van der Waals surface area (Å²) in [7, 11) is 2.77. The van der Waals surface area contributed by atoms with Crippen LogP contribution in [-0.2, 0) is 14.1 Å². The molecule has 0 saturated carbocycles. The quantitative estimate of drug-likeness (QED) is 0.648. The first kappa shape index (κ1) is 15.8. The summed E-state index contributed by atoms with van der Waals surface area (Å²) in [6.45, 7) is 5.34. The molecule has 0 amide bonds. The van der Waals surface area contributed by atoms with Gasteiger partial charge in [0.05, 0.1) is 0 Å². The average molecular weight is 303 g/mol. The fourth-order valence-corrected chi connectivity index (χ4v) is 3.05. The zero-order valence-electron chi connectivity index (χ0n) is 11.3. The molecule has 0 bridgehead atoms. The Bertz CT molecular complexity index is 602. The number of aromatic nitrogens is 2. The molecule has 1 heterocycles. The Labute approximate surface area is 120 Å². The van der Waals surface area contributed by atoms with Gasteiger partial charge in [-0.2, -0.15) is 0 Å². The van der Waals surface area contributed by atoms with Gasteiger partial charge in [-0.15, -0.1) is 0 Å². The smallest absolute Gasteiger partial charge is 0.333 e. The van der Waals surface area contributed by atoms with E-state index < -0.39 is 11.2 Å². The van der Waals surface area contributed by atoms with Gasteiger partial charge in [-0.3, -0.25) is 13.9 Å². The van der Waals surface area contributed by atoms with Gasteiger partial charge in [0.15, 0.2) is 0 Å². The molecule has 0 aromatic carbocycles. The molecule has 1 aromatic rings. The zero-order valence-corrected chi connectivity index (χ0v) is 13.0. The lowest BCUT2D eigenvalue weighted by Gasteiger charge is -2.21. The highest BCUT2D eigenvalue weighted by atomic mass is 32.2. The van der Waals surface area contributed by atoms with Crippen molar-refractivity contribution in [3.63, 3.8) is 0 Å². The number of thioether (sulfide) groups is 1. The van der Waals surface area contributed by atoms with Gasteiger partial charge >= 0.3 is 5.69 Å². The van der Waals surface area contributed by atoms with Gasteiger partial charge in [-0.25, -0.2) is 4.79 Å². The molecular formula is C11H17N3O3S2. The Morgan fingerprint density at radius 2 is 1.79 bits per heavy atom. The van der Waals surface area contributed by atoms with Crippen LogP contribution in [0.15, 0.2) is 14.5 Å². The number of hydrogen-bond acceptors (Lipinski definition) is 5. The minimum Gasteiger partial charge on any atom is -0.493 e. The fraction of sp³-hybridized carbons (Fsp3) is 0.545. The molecule has 0 unspecified atom stereocenters. The van der Waals surface area contributed by atoms with Crippen LogP contribution in [0.2, 0.25) is 0 Å². The van der Waals surface area contributed by atoms with Crippen molar-refractivity contribution >= 4 is 28.3 Å². The lowest BCUT2D eigenvalue weighted by Crippen LogP contribution is -2.38. The van der Waals surface area contributed by atoms with Crippen LogP contribution in [0.1, 0.15) is 13.8 Å². The third kappa shape index (κ3) is 3.01. The standard InChI is InChI=1S/C11H17N3O3S2/c1-5-14(6-2)11(18)19-7-8(15)12(3)10(17)13(4)9(7)16/h15H,5-6H2,1-4H3. The van der Waals surface area contributed by atoms with E-state index in [-0.39, 0.29) is 10.8 Å². The topological polar surface area (TPSA) is 67.5 Å². The predicted octanol–water partition coefficient (Wildman–Crippen LogP) is 0.508. The van der Waals surface area contributed by atoms with Gasteiger partial charge in [0.25, 0.3) is 5.56 Å². The van der Waals surface area contributed by atoms with Crippen molar-refractivity contribution < 1.29 is 5.11 Å².